The molecule has 1 aromatic rings. The SMILES string of the molecule is CC(C)(C)NC(=O)NC(C)(CN)c1ccccc1. The molecular formula is C14H23N3O. The first kappa shape index (κ1) is 14.5. The number of rotatable bonds is 3. The Morgan fingerprint density at radius 2 is 1.67 bits per heavy atom. The summed E-state index contributed by atoms with van der Waals surface area (Å²) >= 11 is 0. The minimum Gasteiger partial charge on any atom is -0.334 e. The topological polar surface area (TPSA) is 67.2 Å². The van der Waals surface area contributed by atoms with Gasteiger partial charge in [0.25, 0.3) is 0 Å². The van der Waals surface area contributed by atoms with Gasteiger partial charge in [0.15, 0.2) is 0 Å². The van der Waals surface area contributed by atoms with Gasteiger partial charge in [-0.25, -0.2) is 4.79 Å². The average Bonchev–Trinajstić information content (AvgIpc) is 2.27. The van der Waals surface area contributed by atoms with Crippen LogP contribution in [0.25, 0.3) is 0 Å². The van der Waals surface area contributed by atoms with Gasteiger partial charge in [-0.05, 0) is 33.3 Å². The molecule has 0 saturated carbocycles. The summed E-state index contributed by atoms with van der Waals surface area (Å²) in [5.41, 5.74) is 5.98. The molecule has 0 aliphatic carbocycles. The number of benzene rings is 1. The van der Waals surface area contributed by atoms with Gasteiger partial charge in [0.1, 0.15) is 0 Å². The predicted molar refractivity (Wildman–Crippen MR) is 74.3 cm³/mol. The molecule has 2 amide bonds. The lowest BCUT2D eigenvalue weighted by molar-refractivity contribution is 0.219. The maximum Gasteiger partial charge on any atom is 0.315 e. The van der Waals surface area contributed by atoms with E-state index in [1.165, 1.54) is 0 Å². The minimum absolute atomic E-state index is 0.209. The number of urea groups is 1. The Labute approximate surface area is 109 Å². The molecule has 0 spiro atoms. The van der Waals surface area contributed by atoms with E-state index in [0.29, 0.717) is 6.54 Å². The highest BCUT2D eigenvalue weighted by Gasteiger charge is 2.28. The number of hydrogen-bond acceptors (Lipinski definition) is 2. The first-order valence-corrected chi connectivity index (χ1v) is 6.13. The monoisotopic (exact) mass is 249 g/mol. The number of hydrogen-bond donors (Lipinski definition) is 3. The van der Waals surface area contributed by atoms with E-state index >= 15 is 0 Å². The fourth-order valence-electron chi connectivity index (χ4n) is 1.67. The van der Waals surface area contributed by atoms with Gasteiger partial charge in [-0.15, -0.1) is 0 Å². The van der Waals surface area contributed by atoms with Gasteiger partial charge in [-0.1, -0.05) is 30.3 Å². The minimum atomic E-state index is -0.559. The normalized spacial score (nSPS) is 14.7. The summed E-state index contributed by atoms with van der Waals surface area (Å²) in [6.45, 7) is 8.08. The lowest BCUT2D eigenvalue weighted by Gasteiger charge is -2.32. The zero-order chi connectivity index (χ0) is 13.8. The molecule has 0 aliphatic rings. The van der Waals surface area contributed by atoms with Crippen LogP contribution in [0.5, 0.6) is 0 Å². The Bertz CT molecular complexity index is 397. The largest absolute Gasteiger partial charge is 0.334 e. The van der Waals surface area contributed by atoms with Gasteiger partial charge in [-0.3, -0.25) is 0 Å². The fourth-order valence-corrected chi connectivity index (χ4v) is 1.67. The summed E-state index contributed by atoms with van der Waals surface area (Å²) in [5.74, 6) is 0. The molecule has 0 aromatic heterocycles. The van der Waals surface area contributed by atoms with Crippen LogP contribution in [0.1, 0.15) is 33.3 Å². The molecule has 0 bridgehead atoms. The summed E-state index contributed by atoms with van der Waals surface area (Å²) < 4.78 is 0. The molecule has 4 nitrogen and oxygen atoms in total. The molecule has 100 valence electrons. The van der Waals surface area contributed by atoms with Crippen molar-refractivity contribution in [2.75, 3.05) is 6.54 Å². The Hall–Kier alpha value is -1.55. The fraction of sp³-hybridized carbons (Fsp3) is 0.500. The first-order valence-electron chi connectivity index (χ1n) is 6.13. The van der Waals surface area contributed by atoms with Crippen LogP contribution < -0.4 is 16.4 Å². The maximum atomic E-state index is 11.9. The molecule has 18 heavy (non-hydrogen) atoms. The number of carbonyl (C=O) groups is 1. The molecule has 1 unspecified atom stereocenters. The zero-order valence-electron chi connectivity index (χ0n) is 11.6. The van der Waals surface area contributed by atoms with E-state index in [0.717, 1.165) is 5.56 Å². The van der Waals surface area contributed by atoms with Crippen molar-refractivity contribution < 1.29 is 4.79 Å². The van der Waals surface area contributed by atoms with Gasteiger partial charge in [0, 0.05) is 12.1 Å². The summed E-state index contributed by atoms with van der Waals surface area (Å²) in [7, 11) is 0. The van der Waals surface area contributed by atoms with Crippen LogP contribution in [0.3, 0.4) is 0 Å². The smallest absolute Gasteiger partial charge is 0.315 e. The predicted octanol–water partition coefficient (Wildman–Crippen LogP) is 1.96. The highest BCUT2D eigenvalue weighted by atomic mass is 16.2. The van der Waals surface area contributed by atoms with Crippen LogP contribution in [-0.4, -0.2) is 18.1 Å². The van der Waals surface area contributed by atoms with Gasteiger partial charge in [0.2, 0.25) is 0 Å². The summed E-state index contributed by atoms with van der Waals surface area (Å²) in [6, 6.07) is 9.53. The van der Waals surface area contributed by atoms with Gasteiger partial charge in [0.05, 0.1) is 5.54 Å². The molecule has 4 N–H and O–H groups in total. The molecule has 0 aliphatic heterocycles. The summed E-state index contributed by atoms with van der Waals surface area (Å²) in [5, 5.41) is 5.81. The van der Waals surface area contributed by atoms with Crippen LogP contribution in [0, 0.1) is 0 Å². The van der Waals surface area contributed by atoms with Crippen molar-refractivity contribution >= 4 is 6.03 Å². The van der Waals surface area contributed by atoms with Crippen molar-refractivity contribution in [3.8, 4) is 0 Å². The number of amides is 2. The second-order valence-corrected chi connectivity index (χ2v) is 5.73. The third kappa shape index (κ3) is 4.04. The van der Waals surface area contributed by atoms with Crippen LogP contribution in [-0.2, 0) is 5.54 Å². The molecular weight excluding hydrogens is 226 g/mol. The maximum absolute atomic E-state index is 11.9. The molecule has 0 fully saturated rings. The molecule has 0 saturated heterocycles. The molecule has 0 heterocycles. The Morgan fingerprint density at radius 3 is 2.11 bits per heavy atom. The number of nitrogens with two attached hydrogens (primary N) is 1. The van der Waals surface area contributed by atoms with Crippen molar-refractivity contribution in [1.29, 1.82) is 0 Å². The van der Waals surface area contributed by atoms with Crippen molar-refractivity contribution in [3.63, 3.8) is 0 Å². The molecule has 1 aromatic carbocycles. The standard InChI is InChI=1S/C14H23N3O/c1-13(2,3)16-12(18)17-14(4,10-15)11-8-6-5-7-9-11/h5-9H,10,15H2,1-4H3,(H2,16,17,18). The highest BCUT2D eigenvalue weighted by Crippen LogP contribution is 2.19. The van der Waals surface area contributed by atoms with Crippen molar-refractivity contribution in [3.05, 3.63) is 35.9 Å². The van der Waals surface area contributed by atoms with Crippen molar-refractivity contribution in [2.45, 2.75) is 38.8 Å². The van der Waals surface area contributed by atoms with Crippen molar-refractivity contribution in [2.24, 2.45) is 5.73 Å². The van der Waals surface area contributed by atoms with Crippen LogP contribution in [0.15, 0.2) is 30.3 Å². The molecule has 0 radical (unpaired) electrons. The van der Waals surface area contributed by atoms with E-state index in [1.54, 1.807) is 0 Å². The second kappa shape index (κ2) is 5.40. The Balaban J connectivity index is 2.81. The van der Waals surface area contributed by atoms with E-state index in [-0.39, 0.29) is 11.6 Å². The molecule has 1 atom stereocenters. The first-order chi connectivity index (χ1) is 8.27. The van der Waals surface area contributed by atoms with Crippen LogP contribution in [0.2, 0.25) is 0 Å². The summed E-state index contributed by atoms with van der Waals surface area (Å²) in [6.07, 6.45) is 0. The quantitative estimate of drug-likeness (QED) is 0.766. The third-order valence-corrected chi connectivity index (χ3v) is 2.70. The second-order valence-electron chi connectivity index (χ2n) is 5.73. The van der Waals surface area contributed by atoms with E-state index in [4.69, 9.17) is 5.73 Å². The van der Waals surface area contributed by atoms with Crippen LogP contribution in [0.4, 0.5) is 4.79 Å². The van der Waals surface area contributed by atoms with Crippen molar-refractivity contribution in [1.82, 2.24) is 10.6 Å². The lowest BCUT2D eigenvalue weighted by Crippen LogP contribution is -2.55. The average molecular weight is 249 g/mol. The Kier molecular flexibility index (Phi) is 4.35. The summed E-state index contributed by atoms with van der Waals surface area (Å²) in [4.78, 5) is 11.9. The third-order valence-electron chi connectivity index (χ3n) is 2.70. The van der Waals surface area contributed by atoms with E-state index in [9.17, 15) is 4.79 Å². The van der Waals surface area contributed by atoms with Gasteiger partial charge < -0.3 is 16.4 Å². The van der Waals surface area contributed by atoms with Gasteiger partial charge >= 0.3 is 6.03 Å². The van der Waals surface area contributed by atoms with Gasteiger partial charge in [-0.2, -0.15) is 0 Å². The Morgan fingerprint density at radius 1 is 1.11 bits per heavy atom. The lowest BCUT2D eigenvalue weighted by atomic mass is 9.92. The van der Waals surface area contributed by atoms with E-state index in [2.05, 4.69) is 10.6 Å². The molecule has 4 heteroatoms. The van der Waals surface area contributed by atoms with E-state index < -0.39 is 5.54 Å². The zero-order valence-corrected chi connectivity index (χ0v) is 11.6. The highest BCUT2D eigenvalue weighted by molar-refractivity contribution is 5.75. The van der Waals surface area contributed by atoms with Crippen LogP contribution >= 0.6 is 0 Å². The number of carbonyl (C=O) groups excluding carboxylic acids is 1. The molecule has 1 rings (SSSR count). The van der Waals surface area contributed by atoms with E-state index in [1.807, 2.05) is 58.0 Å². The number of nitrogens with one attached hydrogen (secondary N) is 2.